The first-order valence-corrected chi connectivity index (χ1v) is 8.82. The van der Waals surface area contributed by atoms with Gasteiger partial charge in [0.1, 0.15) is 5.02 Å². The SMILES string of the molecule is COc1ccc(C(=O)N2CCN(c3cnn(C)c(=O)c3Cl)CC2)cc1OC. The molecule has 1 aromatic carbocycles. The molecule has 1 aromatic heterocycles. The summed E-state index contributed by atoms with van der Waals surface area (Å²) in [5.41, 5.74) is 0.797. The van der Waals surface area contributed by atoms with E-state index in [2.05, 4.69) is 5.10 Å². The summed E-state index contributed by atoms with van der Waals surface area (Å²) < 4.78 is 11.7. The maximum Gasteiger partial charge on any atom is 0.287 e. The standard InChI is InChI=1S/C18H21ClN4O4/c1-21-18(25)16(19)13(11-20-21)22-6-8-23(9-7-22)17(24)12-4-5-14(26-2)15(10-12)27-3/h4-5,10-11H,6-9H2,1-3H3. The lowest BCUT2D eigenvalue weighted by molar-refractivity contribution is 0.0746. The van der Waals surface area contributed by atoms with Crippen LogP contribution in [0.2, 0.25) is 5.02 Å². The number of rotatable bonds is 4. The quantitative estimate of drug-likeness (QED) is 0.783. The summed E-state index contributed by atoms with van der Waals surface area (Å²) in [6, 6.07) is 5.11. The van der Waals surface area contributed by atoms with Gasteiger partial charge in [0.15, 0.2) is 11.5 Å². The number of carbonyl (C=O) groups excluding carboxylic acids is 1. The second-order valence-electron chi connectivity index (χ2n) is 6.12. The molecule has 0 aliphatic carbocycles. The van der Waals surface area contributed by atoms with Crippen LogP contribution in [0.25, 0.3) is 0 Å². The lowest BCUT2D eigenvalue weighted by Gasteiger charge is -2.36. The molecule has 3 rings (SSSR count). The summed E-state index contributed by atoms with van der Waals surface area (Å²) in [4.78, 5) is 28.5. The molecule has 2 heterocycles. The first kappa shape index (κ1) is 19.0. The van der Waals surface area contributed by atoms with Crippen molar-refractivity contribution in [2.75, 3.05) is 45.3 Å². The fourth-order valence-corrected chi connectivity index (χ4v) is 3.32. The van der Waals surface area contributed by atoms with Gasteiger partial charge in [0.25, 0.3) is 11.5 Å². The van der Waals surface area contributed by atoms with Gasteiger partial charge in [-0.1, -0.05) is 11.6 Å². The molecule has 0 saturated carbocycles. The van der Waals surface area contributed by atoms with E-state index in [1.807, 2.05) is 4.90 Å². The zero-order valence-electron chi connectivity index (χ0n) is 15.4. The second-order valence-corrected chi connectivity index (χ2v) is 6.50. The minimum atomic E-state index is -0.335. The van der Waals surface area contributed by atoms with E-state index in [9.17, 15) is 9.59 Å². The minimum absolute atomic E-state index is 0.0798. The highest BCUT2D eigenvalue weighted by Gasteiger charge is 2.25. The third-order valence-corrected chi connectivity index (χ3v) is 4.95. The maximum absolute atomic E-state index is 12.8. The molecule has 1 aliphatic rings. The number of aryl methyl sites for hydroxylation is 1. The first-order chi connectivity index (χ1) is 13.0. The van der Waals surface area contributed by atoms with E-state index in [1.54, 1.807) is 43.5 Å². The number of benzene rings is 1. The molecule has 0 radical (unpaired) electrons. The van der Waals surface area contributed by atoms with Crippen molar-refractivity contribution in [2.24, 2.45) is 7.05 Å². The molecule has 0 atom stereocenters. The Morgan fingerprint density at radius 3 is 2.41 bits per heavy atom. The van der Waals surface area contributed by atoms with Crippen LogP contribution >= 0.6 is 11.6 Å². The average Bonchev–Trinajstić information content (AvgIpc) is 2.71. The van der Waals surface area contributed by atoms with Gasteiger partial charge in [-0.25, -0.2) is 4.68 Å². The number of amides is 1. The average molecular weight is 393 g/mol. The second kappa shape index (κ2) is 7.87. The lowest BCUT2D eigenvalue weighted by Crippen LogP contribution is -2.49. The van der Waals surface area contributed by atoms with E-state index < -0.39 is 0 Å². The predicted octanol–water partition coefficient (Wildman–Crippen LogP) is 1.41. The fourth-order valence-electron chi connectivity index (χ4n) is 3.02. The van der Waals surface area contributed by atoms with Gasteiger partial charge in [0, 0.05) is 38.8 Å². The molecule has 1 fully saturated rings. The molecule has 8 nitrogen and oxygen atoms in total. The molecule has 0 spiro atoms. The largest absolute Gasteiger partial charge is 0.493 e. The van der Waals surface area contributed by atoms with Crippen molar-refractivity contribution in [1.82, 2.24) is 14.7 Å². The number of piperazine rings is 1. The van der Waals surface area contributed by atoms with Gasteiger partial charge in [-0.15, -0.1) is 0 Å². The van der Waals surface area contributed by atoms with Crippen molar-refractivity contribution in [1.29, 1.82) is 0 Å². The van der Waals surface area contributed by atoms with Gasteiger partial charge in [0.05, 0.1) is 26.1 Å². The molecular weight excluding hydrogens is 372 g/mol. The van der Waals surface area contributed by atoms with Crippen molar-refractivity contribution in [3.8, 4) is 11.5 Å². The lowest BCUT2D eigenvalue weighted by atomic mass is 10.1. The van der Waals surface area contributed by atoms with Crippen LogP contribution in [0.4, 0.5) is 5.69 Å². The van der Waals surface area contributed by atoms with E-state index in [1.165, 1.54) is 11.8 Å². The van der Waals surface area contributed by atoms with Crippen LogP contribution in [0, 0.1) is 0 Å². The van der Waals surface area contributed by atoms with Crippen LogP contribution in [0.3, 0.4) is 0 Å². The summed E-state index contributed by atoms with van der Waals surface area (Å²) in [5.74, 6) is 1.01. The molecule has 0 bridgehead atoms. The topological polar surface area (TPSA) is 76.9 Å². The third kappa shape index (κ3) is 3.71. The van der Waals surface area contributed by atoms with Crippen molar-refractivity contribution < 1.29 is 14.3 Å². The van der Waals surface area contributed by atoms with Crippen molar-refractivity contribution in [3.63, 3.8) is 0 Å². The number of halogens is 1. The number of carbonyl (C=O) groups is 1. The van der Waals surface area contributed by atoms with Crippen molar-refractivity contribution >= 4 is 23.2 Å². The minimum Gasteiger partial charge on any atom is -0.493 e. The van der Waals surface area contributed by atoms with Gasteiger partial charge >= 0.3 is 0 Å². The molecule has 27 heavy (non-hydrogen) atoms. The Morgan fingerprint density at radius 2 is 1.78 bits per heavy atom. The van der Waals surface area contributed by atoms with E-state index in [0.717, 1.165) is 0 Å². The monoisotopic (exact) mass is 392 g/mol. The van der Waals surface area contributed by atoms with Crippen LogP contribution in [-0.4, -0.2) is 61.0 Å². The highest BCUT2D eigenvalue weighted by Crippen LogP contribution is 2.28. The third-order valence-electron chi connectivity index (χ3n) is 4.60. The smallest absolute Gasteiger partial charge is 0.287 e. The summed E-state index contributed by atoms with van der Waals surface area (Å²) in [7, 11) is 4.64. The summed E-state index contributed by atoms with van der Waals surface area (Å²) >= 11 is 6.17. The molecule has 1 saturated heterocycles. The molecule has 0 N–H and O–H groups in total. The fraction of sp³-hybridized carbons (Fsp3) is 0.389. The van der Waals surface area contributed by atoms with Gasteiger partial charge in [0.2, 0.25) is 0 Å². The molecule has 2 aromatic rings. The van der Waals surface area contributed by atoms with Crippen LogP contribution in [0.5, 0.6) is 11.5 Å². The Kier molecular flexibility index (Phi) is 5.55. The van der Waals surface area contributed by atoms with Crippen LogP contribution in [-0.2, 0) is 7.05 Å². The van der Waals surface area contributed by atoms with Crippen LogP contribution in [0.1, 0.15) is 10.4 Å². The molecule has 0 unspecified atom stereocenters. The van der Waals surface area contributed by atoms with Gasteiger partial charge in [-0.3, -0.25) is 9.59 Å². The number of hydrogen-bond acceptors (Lipinski definition) is 6. The zero-order valence-corrected chi connectivity index (χ0v) is 16.2. The highest BCUT2D eigenvalue weighted by atomic mass is 35.5. The van der Waals surface area contributed by atoms with E-state index in [0.29, 0.717) is 48.9 Å². The molecular formula is C18H21ClN4O4. The molecule has 1 aliphatic heterocycles. The summed E-state index contributed by atoms with van der Waals surface area (Å²) in [5, 5.41) is 4.17. The number of hydrogen-bond donors (Lipinski definition) is 0. The van der Waals surface area contributed by atoms with Gasteiger partial charge in [-0.2, -0.15) is 5.10 Å². The van der Waals surface area contributed by atoms with E-state index in [4.69, 9.17) is 21.1 Å². The van der Waals surface area contributed by atoms with Gasteiger partial charge in [-0.05, 0) is 18.2 Å². The number of nitrogens with zero attached hydrogens (tertiary/aromatic N) is 4. The van der Waals surface area contributed by atoms with E-state index in [-0.39, 0.29) is 16.5 Å². The predicted molar refractivity (Wildman–Crippen MR) is 102 cm³/mol. The number of methoxy groups -OCH3 is 2. The molecule has 9 heteroatoms. The number of aromatic nitrogens is 2. The van der Waals surface area contributed by atoms with Crippen LogP contribution < -0.4 is 19.9 Å². The van der Waals surface area contributed by atoms with Crippen molar-refractivity contribution in [3.05, 3.63) is 45.3 Å². The maximum atomic E-state index is 12.8. The molecule has 1 amide bonds. The Morgan fingerprint density at radius 1 is 1.11 bits per heavy atom. The summed E-state index contributed by atoms with van der Waals surface area (Å²) in [6.45, 7) is 2.15. The Hall–Kier alpha value is -2.74. The zero-order chi connectivity index (χ0) is 19.6. The molecule has 144 valence electrons. The van der Waals surface area contributed by atoms with E-state index >= 15 is 0 Å². The normalized spacial score (nSPS) is 14.2. The van der Waals surface area contributed by atoms with Crippen LogP contribution in [0.15, 0.2) is 29.2 Å². The Bertz CT molecular complexity index is 907. The number of ether oxygens (including phenoxy) is 2. The van der Waals surface area contributed by atoms with Gasteiger partial charge < -0.3 is 19.3 Å². The summed E-state index contributed by atoms with van der Waals surface area (Å²) in [6.07, 6.45) is 1.58. The van der Waals surface area contributed by atoms with Crippen molar-refractivity contribution in [2.45, 2.75) is 0 Å². The first-order valence-electron chi connectivity index (χ1n) is 8.44. The number of anilines is 1. The highest BCUT2D eigenvalue weighted by molar-refractivity contribution is 6.33. The Labute approximate surface area is 161 Å². The Balaban J connectivity index is 1.71.